The molecule has 2 aliphatic rings. The van der Waals surface area contributed by atoms with Gasteiger partial charge in [-0.25, -0.2) is 9.79 Å². The number of amidine groups is 1. The van der Waals surface area contributed by atoms with Crippen molar-refractivity contribution in [2.24, 2.45) is 10.9 Å². The Hall–Kier alpha value is -3.52. The fourth-order valence-electron chi connectivity index (χ4n) is 4.14. The molecule has 36 heavy (non-hydrogen) atoms. The van der Waals surface area contributed by atoms with Gasteiger partial charge in [0.15, 0.2) is 5.17 Å². The van der Waals surface area contributed by atoms with E-state index in [2.05, 4.69) is 19.2 Å². The molecule has 1 unspecified atom stereocenters. The predicted molar refractivity (Wildman–Crippen MR) is 143 cm³/mol. The highest BCUT2D eigenvalue weighted by molar-refractivity contribution is 8.16. The molecule has 1 N–H and O–H groups in total. The van der Waals surface area contributed by atoms with Crippen LogP contribution in [-0.2, 0) is 14.3 Å². The molecule has 0 aliphatic carbocycles. The molecule has 2 aromatic carbocycles. The van der Waals surface area contributed by atoms with Crippen molar-refractivity contribution >= 4 is 34.5 Å². The Morgan fingerprint density at radius 3 is 2.47 bits per heavy atom. The number of thioether (sulfide) groups is 1. The first-order valence-electron chi connectivity index (χ1n) is 12.0. The minimum atomic E-state index is -0.517. The average Bonchev–Trinajstić information content (AvgIpc) is 3.29. The molecule has 2 aliphatic heterocycles. The van der Waals surface area contributed by atoms with Gasteiger partial charge < -0.3 is 19.7 Å². The van der Waals surface area contributed by atoms with Crippen molar-refractivity contribution < 1.29 is 19.1 Å². The van der Waals surface area contributed by atoms with E-state index in [0.717, 1.165) is 22.0 Å². The molecule has 1 amide bonds. The summed E-state index contributed by atoms with van der Waals surface area (Å²) in [5.41, 5.74) is 3.50. The topological polar surface area (TPSA) is 80.2 Å². The molecule has 4 rings (SSSR count). The van der Waals surface area contributed by atoms with Gasteiger partial charge in [-0.2, -0.15) is 0 Å². The maximum Gasteiger partial charge on any atom is 0.338 e. The predicted octanol–water partition coefficient (Wildman–Crippen LogP) is 5.13. The zero-order valence-electron chi connectivity index (χ0n) is 21.0. The second kappa shape index (κ2) is 11.5. The number of hydrogen-bond donors (Lipinski definition) is 1. The van der Waals surface area contributed by atoms with Crippen LogP contribution in [0, 0.1) is 5.92 Å². The molecule has 0 bridgehead atoms. The highest BCUT2D eigenvalue weighted by atomic mass is 32.2. The molecule has 0 fully saturated rings. The first-order chi connectivity index (χ1) is 17.4. The molecule has 0 radical (unpaired) electrons. The Balaban J connectivity index is 1.82. The minimum Gasteiger partial charge on any atom is -0.497 e. The minimum absolute atomic E-state index is 0.0687. The Labute approximate surface area is 216 Å². The second-order valence-corrected chi connectivity index (χ2v) is 9.73. The number of hydrogen-bond acceptors (Lipinski definition) is 7. The van der Waals surface area contributed by atoms with Crippen LogP contribution in [0.4, 0.5) is 0 Å². The third kappa shape index (κ3) is 5.49. The third-order valence-corrected chi connectivity index (χ3v) is 6.72. The molecule has 2 heterocycles. The van der Waals surface area contributed by atoms with Gasteiger partial charge in [0.25, 0.3) is 0 Å². The highest BCUT2D eigenvalue weighted by Gasteiger charge is 2.42. The summed E-state index contributed by atoms with van der Waals surface area (Å²) in [5, 5.41) is 5.65. The maximum atomic E-state index is 13.5. The Bertz CT molecular complexity index is 1200. The summed E-state index contributed by atoms with van der Waals surface area (Å²) in [7, 11) is 1.62. The normalized spacial score (nSPS) is 16.9. The van der Waals surface area contributed by atoms with Crippen molar-refractivity contribution in [2.45, 2.75) is 33.2 Å². The van der Waals surface area contributed by atoms with E-state index in [1.54, 1.807) is 14.0 Å². The molecule has 8 heteroatoms. The summed E-state index contributed by atoms with van der Waals surface area (Å²) in [5.74, 6) is 0.570. The monoisotopic (exact) mass is 505 g/mol. The van der Waals surface area contributed by atoms with E-state index in [1.807, 2.05) is 64.9 Å². The van der Waals surface area contributed by atoms with Gasteiger partial charge in [-0.3, -0.25) is 4.79 Å². The van der Waals surface area contributed by atoms with Crippen LogP contribution >= 0.6 is 11.8 Å². The van der Waals surface area contributed by atoms with E-state index in [4.69, 9.17) is 14.5 Å². The zero-order chi connectivity index (χ0) is 25.7. The maximum absolute atomic E-state index is 13.5. The van der Waals surface area contributed by atoms with Gasteiger partial charge in [0.05, 0.1) is 37.4 Å². The first-order valence-corrected chi connectivity index (χ1v) is 12.9. The lowest BCUT2D eigenvalue weighted by Crippen LogP contribution is -2.38. The molecule has 0 saturated carbocycles. The molecule has 0 aromatic heterocycles. The number of rotatable bonds is 9. The lowest BCUT2D eigenvalue weighted by molar-refractivity contribution is -0.139. The summed E-state index contributed by atoms with van der Waals surface area (Å²) in [4.78, 5) is 33.1. The third-order valence-electron chi connectivity index (χ3n) is 5.83. The van der Waals surface area contributed by atoms with E-state index < -0.39 is 12.0 Å². The summed E-state index contributed by atoms with van der Waals surface area (Å²) in [6.45, 7) is 6.75. The van der Waals surface area contributed by atoms with E-state index >= 15 is 0 Å². The number of ether oxygens (including phenoxy) is 2. The molecular weight excluding hydrogens is 474 g/mol. The number of fused-ring (bicyclic) bond motifs is 1. The van der Waals surface area contributed by atoms with E-state index in [1.165, 1.54) is 11.8 Å². The Morgan fingerprint density at radius 1 is 1.11 bits per heavy atom. The molecule has 0 spiro atoms. The van der Waals surface area contributed by atoms with Gasteiger partial charge in [0.1, 0.15) is 5.75 Å². The van der Waals surface area contributed by atoms with Crippen LogP contribution in [0.3, 0.4) is 0 Å². The van der Waals surface area contributed by atoms with Gasteiger partial charge in [0, 0.05) is 17.8 Å². The van der Waals surface area contributed by atoms with Gasteiger partial charge in [-0.1, -0.05) is 68.1 Å². The molecule has 1 atom stereocenters. The van der Waals surface area contributed by atoms with E-state index in [0.29, 0.717) is 29.5 Å². The number of nitrogens with zero attached hydrogens (tertiary/aromatic N) is 2. The lowest BCUT2D eigenvalue weighted by Gasteiger charge is -2.36. The molecule has 188 valence electrons. The van der Waals surface area contributed by atoms with Crippen LogP contribution in [-0.4, -0.2) is 42.2 Å². The highest BCUT2D eigenvalue weighted by Crippen LogP contribution is 2.47. The summed E-state index contributed by atoms with van der Waals surface area (Å²) in [6.07, 6.45) is 0.183. The number of methoxy groups -OCH3 is 1. The van der Waals surface area contributed by atoms with Crippen molar-refractivity contribution in [3.8, 4) is 5.75 Å². The van der Waals surface area contributed by atoms with Crippen LogP contribution in [0.25, 0.3) is 5.70 Å². The molecule has 7 nitrogen and oxygen atoms in total. The number of nitrogens with one attached hydrogen (secondary N) is 1. The SMILES string of the molecule is CCOC(=O)C1=C(c2ccccc2)N=C2SC=C(CC(=O)NCC(C)C)N2C1c1ccc(OC)cc1. The number of aliphatic imine (C=N–C) groups is 1. The summed E-state index contributed by atoms with van der Waals surface area (Å²) >= 11 is 1.46. The molecular formula is C28H31N3O4S. The van der Waals surface area contributed by atoms with E-state index in [-0.39, 0.29) is 18.9 Å². The van der Waals surface area contributed by atoms with Gasteiger partial charge >= 0.3 is 5.97 Å². The van der Waals surface area contributed by atoms with Gasteiger partial charge in [-0.15, -0.1) is 0 Å². The van der Waals surface area contributed by atoms with Crippen LogP contribution in [0.2, 0.25) is 0 Å². The quantitative estimate of drug-likeness (QED) is 0.476. The molecule has 2 aromatic rings. The van der Waals surface area contributed by atoms with Gasteiger partial charge in [-0.05, 0) is 35.9 Å². The zero-order valence-corrected chi connectivity index (χ0v) is 21.8. The van der Waals surface area contributed by atoms with E-state index in [9.17, 15) is 9.59 Å². The number of benzene rings is 2. The van der Waals surface area contributed by atoms with Crippen molar-refractivity contribution in [3.63, 3.8) is 0 Å². The smallest absolute Gasteiger partial charge is 0.338 e. The van der Waals surface area contributed by atoms with Crippen molar-refractivity contribution in [3.05, 3.63) is 82.4 Å². The fraction of sp³-hybridized carbons (Fsp3) is 0.321. The number of amides is 1. The van der Waals surface area contributed by atoms with Crippen LogP contribution in [0.5, 0.6) is 5.75 Å². The number of esters is 1. The largest absolute Gasteiger partial charge is 0.497 e. The Kier molecular flexibility index (Phi) is 8.15. The number of carbonyl (C=O) groups excluding carboxylic acids is 2. The van der Waals surface area contributed by atoms with Crippen LogP contribution < -0.4 is 10.1 Å². The van der Waals surface area contributed by atoms with Crippen LogP contribution in [0.15, 0.2) is 76.3 Å². The Morgan fingerprint density at radius 2 is 1.83 bits per heavy atom. The molecule has 0 saturated heterocycles. The van der Waals surface area contributed by atoms with Crippen LogP contribution in [0.1, 0.15) is 44.4 Å². The van der Waals surface area contributed by atoms with Crippen molar-refractivity contribution in [2.75, 3.05) is 20.3 Å². The second-order valence-electron chi connectivity index (χ2n) is 8.89. The average molecular weight is 506 g/mol. The standard InChI is InChI=1S/C28H31N3O4S/c1-5-35-27(33)24-25(19-9-7-6-8-10-19)30-28-31(26(24)20-11-13-22(34-4)14-12-20)21(17-36-28)15-23(32)29-16-18(2)3/h6-14,17-18,26H,5,15-16H2,1-4H3,(H,29,32). The van der Waals surface area contributed by atoms with Gasteiger partial charge in [0.2, 0.25) is 5.91 Å². The number of carbonyl (C=O) groups is 2. The summed E-state index contributed by atoms with van der Waals surface area (Å²) in [6, 6.07) is 16.7. The van der Waals surface area contributed by atoms with Crippen molar-refractivity contribution in [1.29, 1.82) is 0 Å². The first kappa shape index (κ1) is 25.6. The summed E-state index contributed by atoms with van der Waals surface area (Å²) < 4.78 is 10.9. The fourth-order valence-corrected chi connectivity index (χ4v) is 5.05. The van der Waals surface area contributed by atoms with Crippen molar-refractivity contribution in [1.82, 2.24) is 10.2 Å². The lowest BCUT2D eigenvalue weighted by atomic mass is 9.91.